The zero-order chi connectivity index (χ0) is 10.4. The predicted octanol–water partition coefficient (Wildman–Crippen LogP) is 1.42. The number of rotatable bonds is 6. The fourth-order valence-electron chi connectivity index (χ4n) is 1.70. The van der Waals surface area contributed by atoms with E-state index in [4.69, 9.17) is 10.5 Å². The third-order valence-corrected chi connectivity index (χ3v) is 2.56. The van der Waals surface area contributed by atoms with E-state index < -0.39 is 0 Å². The Kier molecular flexibility index (Phi) is 4.84. The molecule has 3 nitrogen and oxygen atoms in total. The van der Waals surface area contributed by atoms with Crippen molar-refractivity contribution in [3.05, 3.63) is 12.7 Å². The molecule has 80 valence electrons. The monoisotopic (exact) mass is 197 g/mol. The molecular weight excluding hydrogens is 178 g/mol. The van der Waals surface area contributed by atoms with E-state index >= 15 is 0 Å². The number of hydrogen-bond acceptors (Lipinski definition) is 3. The van der Waals surface area contributed by atoms with E-state index in [1.54, 1.807) is 0 Å². The second-order valence-corrected chi connectivity index (χ2v) is 3.71. The Labute approximate surface area is 85.3 Å². The molecule has 0 aromatic heterocycles. The lowest BCUT2D eigenvalue weighted by Crippen LogP contribution is -2.25. The minimum atomic E-state index is -0.187. The molecule has 0 aromatic carbocycles. The maximum atomic E-state index is 11.6. The van der Waals surface area contributed by atoms with Crippen LogP contribution in [0.2, 0.25) is 0 Å². The van der Waals surface area contributed by atoms with Gasteiger partial charge in [0.2, 0.25) is 0 Å². The number of unbranched alkanes of at least 4 members (excludes halogenated alkanes) is 1. The maximum absolute atomic E-state index is 11.6. The summed E-state index contributed by atoms with van der Waals surface area (Å²) in [6, 6.07) is 0. The minimum absolute atomic E-state index is 0.100. The third kappa shape index (κ3) is 3.24. The zero-order valence-corrected chi connectivity index (χ0v) is 8.58. The Balaban J connectivity index is 2.21. The summed E-state index contributed by atoms with van der Waals surface area (Å²) in [6.07, 6.45) is 5.91. The van der Waals surface area contributed by atoms with Crippen molar-refractivity contribution in [1.29, 1.82) is 0 Å². The molecule has 0 saturated carbocycles. The first-order chi connectivity index (χ1) is 6.77. The lowest BCUT2D eigenvalue weighted by Gasteiger charge is -2.10. The first-order valence-electron chi connectivity index (χ1n) is 5.27. The van der Waals surface area contributed by atoms with Crippen molar-refractivity contribution in [2.75, 3.05) is 6.54 Å². The van der Waals surface area contributed by atoms with Gasteiger partial charge in [-0.25, -0.2) is 0 Å². The van der Waals surface area contributed by atoms with E-state index in [1.165, 1.54) is 0 Å². The van der Waals surface area contributed by atoms with Gasteiger partial charge in [0, 0.05) is 13.0 Å². The topological polar surface area (TPSA) is 52.3 Å². The van der Waals surface area contributed by atoms with Crippen LogP contribution < -0.4 is 5.73 Å². The van der Waals surface area contributed by atoms with Gasteiger partial charge in [0.05, 0.1) is 6.10 Å². The quantitative estimate of drug-likeness (QED) is 0.517. The van der Waals surface area contributed by atoms with E-state index in [0.29, 0.717) is 13.0 Å². The van der Waals surface area contributed by atoms with Gasteiger partial charge in [-0.05, 0) is 25.7 Å². The number of Topliss-reactive ketones (excluding diaryl/α,β-unsaturated/α-hetero) is 1. The summed E-state index contributed by atoms with van der Waals surface area (Å²) in [4.78, 5) is 11.6. The van der Waals surface area contributed by atoms with Gasteiger partial charge in [-0.3, -0.25) is 4.79 Å². The predicted molar refractivity (Wildman–Crippen MR) is 56.0 cm³/mol. The smallest absolute Gasteiger partial charge is 0.161 e. The first-order valence-corrected chi connectivity index (χ1v) is 5.27. The van der Waals surface area contributed by atoms with Gasteiger partial charge in [-0.2, -0.15) is 0 Å². The molecule has 0 aromatic rings. The molecule has 1 aliphatic rings. The molecule has 2 unspecified atom stereocenters. The molecule has 0 bridgehead atoms. The van der Waals surface area contributed by atoms with E-state index in [2.05, 4.69) is 6.58 Å². The lowest BCUT2D eigenvalue weighted by molar-refractivity contribution is -0.129. The van der Waals surface area contributed by atoms with Gasteiger partial charge in [0.1, 0.15) is 6.10 Å². The number of carbonyl (C=O) groups is 1. The Morgan fingerprint density at radius 3 is 2.93 bits per heavy atom. The summed E-state index contributed by atoms with van der Waals surface area (Å²) >= 11 is 0. The van der Waals surface area contributed by atoms with Crippen molar-refractivity contribution in [3.63, 3.8) is 0 Å². The summed E-state index contributed by atoms with van der Waals surface area (Å²) < 4.78 is 5.50. The normalized spacial score (nSPS) is 26.4. The Morgan fingerprint density at radius 1 is 1.57 bits per heavy atom. The molecule has 1 heterocycles. The van der Waals surface area contributed by atoms with E-state index in [1.807, 2.05) is 6.08 Å². The molecule has 1 rings (SSSR count). The van der Waals surface area contributed by atoms with Crippen LogP contribution in [0.25, 0.3) is 0 Å². The van der Waals surface area contributed by atoms with Gasteiger partial charge < -0.3 is 10.5 Å². The van der Waals surface area contributed by atoms with Crippen molar-refractivity contribution >= 4 is 5.78 Å². The highest BCUT2D eigenvalue weighted by atomic mass is 16.5. The third-order valence-electron chi connectivity index (χ3n) is 2.56. The molecule has 1 aliphatic heterocycles. The number of carbonyl (C=O) groups excluding carboxylic acids is 1. The van der Waals surface area contributed by atoms with Crippen LogP contribution in [0, 0.1) is 0 Å². The Bertz CT molecular complexity index is 203. The van der Waals surface area contributed by atoms with Gasteiger partial charge >= 0.3 is 0 Å². The van der Waals surface area contributed by atoms with Crippen LogP contribution in [0.4, 0.5) is 0 Å². The van der Waals surface area contributed by atoms with Crippen molar-refractivity contribution < 1.29 is 9.53 Å². The van der Waals surface area contributed by atoms with Crippen LogP contribution in [0.1, 0.15) is 32.1 Å². The summed E-state index contributed by atoms with van der Waals surface area (Å²) in [7, 11) is 0. The average molecular weight is 197 g/mol. The summed E-state index contributed by atoms with van der Waals surface area (Å²) in [5.74, 6) is 0.225. The second kappa shape index (κ2) is 5.94. The number of hydrogen-bond donors (Lipinski definition) is 1. The maximum Gasteiger partial charge on any atom is 0.161 e. The van der Waals surface area contributed by atoms with Gasteiger partial charge in [0.25, 0.3) is 0 Å². The fraction of sp³-hybridized carbons (Fsp3) is 0.727. The van der Waals surface area contributed by atoms with E-state index in [0.717, 1.165) is 25.7 Å². The largest absolute Gasteiger partial charge is 0.366 e. The molecule has 0 aliphatic carbocycles. The first kappa shape index (κ1) is 11.4. The molecular formula is C11H19NO2. The summed E-state index contributed by atoms with van der Waals surface area (Å²) in [5, 5.41) is 0. The number of ketones is 1. The second-order valence-electron chi connectivity index (χ2n) is 3.71. The van der Waals surface area contributed by atoms with Crippen LogP contribution in [-0.4, -0.2) is 24.5 Å². The highest BCUT2D eigenvalue weighted by Crippen LogP contribution is 2.21. The SMILES string of the molecule is C=CCCCC(=O)C1CCC(CN)O1. The van der Waals surface area contributed by atoms with Gasteiger partial charge in [-0.1, -0.05) is 6.08 Å². The molecule has 1 fully saturated rings. The standard InChI is InChI=1S/C11H19NO2/c1-2-3-4-5-10(13)11-7-6-9(8-12)14-11/h2,9,11H,1,3-8,12H2. The van der Waals surface area contributed by atoms with Crippen molar-refractivity contribution in [3.8, 4) is 0 Å². The molecule has 2 atom stereocenters. The molecule has 1 saturated heterocycles. The molecule has 0 radical (unpaired) electrons. The van der Waals surface area contributed by atoms with Crippen LogP contribution in [-0.2, 0) is 9.53 Å². The Hall–Kier alpha value is -0.670. The van der Waals surface area contributed by atoms with E-state index in [-0.39, 0.29) is 18.0 Å². The van der Waals surface area contributed by atoms with Crippen LogP contribution in [0.3, 0.4) is 0 Å². The average Bonchev–Trinajstić information content (AvgIpc) is 2.66. The minimum Gasteiger partial charge on any atom is -0.366 e. The van der Waals surface area contributed by atoms with Crippen molar-refractivity contribution in [2.45, 2.75) is 44.3 Å². The molecule has 14 heavy (non-hydrogen) atoms. The number of ether oxygens (including phenoxy) is 1. The van der Waals surface area contributed by atoms with Crippen molar-refractivity contribution in [2.24, 2.45) is 5.73 Å². The zero-order valence-electron chi connectivity index (χ0n) is 8.58. The van der Waals surface area contributed by atoms with Crippen LogP contribution >= 0.6 is 0 Å². The highest BCUT2D eigenvalue weighted by molar-refractivity contribution is 5.83. The molecule has 2 N–H and O–H groups in total. The summed E-state index contributed by atoms with van der Waals surface area (Å²) in [6.45, 7) is 4.15. The van der Waals surface area contributed by atoms with Crippen LogP contribution in [0.15, 0.2) is 12.7 Å². The lowest BCUT2D eigenvalue weighted by atomic mass is 10.1. The fourth-order valence-corrected chi connectivity index (χ4v) is 1.70. The Morgan fingerprint density at radius 2 is 2.36 bits per heavy atom. The highest BCUT2D eigenvalue weighted by Gasteiger charge is 2.28. The molecule has 3 heteroatoms. The molecule has 0 spiro atoms. The van der Waals surface area contributed by atoms with Crippen molar-refractivity contribution in [1.82, 2.24) is 0 Å². The summed E-state index contributed by atoms with van der Waals surface area (Å²) in [5.41, 5.74) is 5.47. The van der Waals surface area contributed by atoms with E-state index in [9.17, 15) is 4.79 Å². The number of allylic oxidation sites excluding steroid dienone is 1. The van der Waals surface area contributed by atoms with Crippen LogP contribution in [0.5, 0.6) is 0 Å². The van der Waals surface area contributed by atoms with Gasteiger partial charge in [-0.15, -0.1) is 6.58 Å². The molecule has 0 amide bonds. The van der Waals surface area contributed by atoms with Gasteiger partial charge in [0.15, 0.2) is 5.78 Å². The number of nitrogens with two attached hydrogens (primary N) is 1.